The number of alkyl halides is 2. The Morgan fingerprint density at radius 2 is 2.03 bits per heavy atom. The molecular formula is C24H32F3N9O. The van der Waals surface area contributed by atoms with Gasteiger partial charge >= 0.3 is 0 Å². The van der Waals surface area contributed by atoms with Gasteiger partial charge in [-0.05, 0) is 31.9 Å². The second-order valence-corrected chi connectivity index (χ2v) is 8.49. The van der Waals surface area contributed by atoms with Crippen LogP contribution in [0.15, 0.2) is 28.6 Å². The van der Waals surface area contributed by atoms with Crippen molar-refractivity contribution in [3.8, 4) is 11.3 Å². The maximum absolute atomic E-state index is 15.0. The van der Waals surface area contributed by atoms with Crippen LogP contribution in [0.25, 0.3) is 16.8 Å². The molecule has 0 aliphatic carbocycles. The van der Waals surface area contributed by atoms with E-state index in [0.29, 0.717) is 47.8 Å². The lowest BCUT2D eigenvalue weighted by Gasteiger charge is -2.34. The third-order valence-electron chi connectivity index (χ3n) is 5.83. The second kappa shape index (κ2) is 12.5. The smallest absolute Gasteiger partial charge is 0.243 e. The van der Waals surface area contributed by atoms with Crippen LogP contribution in [0.5, 0.6) is 0 Å². The number of carbonyl (C=O) groups excluding carboxylic acids is 1. The van der Waals surface area contributed by atoms with Gasteiger partial charge in [0.1, 0.15) is 17.4 Å². The van der Waals surface area contributed by atoms with Crippen LogP contribution in [0.3, 0.4) is 0 Å². The number of pyridine rings is 1. The zero-order valence-corrected chi connectivity index (χ0v) is 21.6. The fraction of sp³-hybridized carbons (Fsp3) is 0.500. The van der Waals surface area contributed by atoms with Gasteiger partial charge in [-0.3, -0.25) is 14.2 Å². The molecule has 1 saturated heterocycles. The molecule has 3 aromatic rings. The quantitative estimate of drug-likeness (QED) is 0.456. The van der Waals surface area contributed by atoms with Gasteiger partial charge in [0, 0.05) is 27.6 Å². The molecule has 3 aromatic heterocycles. The highest BCUT2D eigenvalue weighted by Gasteiger charge is 2.31. The fourth-order valence-electron chi connectivity index (χ4n) is 3.96. The number of hydrogen-bond donors (Lipinski definition) is 2. The number of aryl methyl sites for hydroxylation is 1. The summed E-state index contributed by atoms with van der Waals surface area (Å²) >= 11 is 0. The third-order valence-corrected chi connectivity index (χ3v) is 5.83. The molecule has 13 heteroatoms. The van der Waals surface area contributed by atoms with Crippen LogP contribution in [-0.4, -0.2) is 76.5 Å². The highest BCUT2D eigenvalue weighted by molar-refractivity contribution is 5.88. The summed E-state index contributed by atoms with van der Waals surface area (Å²) < 4.78 is 41.8. The van der Waals surface area contributed by atoms with Gasteiger partial charge in [0.15, 0.2) is 11.6 Å². The van der Waals surface area contributed by atoms with Gasteiger partial charge in [0.2, 0.25) is 11.9 Å². The number of nitrogens with zero attached hydrogens (tertiary/aromatic N) is 7. The Balaban J connectivity index is 0.000000886. The lowest BCUT2D eigenvalue weighted by atomic mass is 10.0. The molecule has 4 heterocycles. The van der Waals surface area contributed by atoms with E-state index in [4.69, 9.17) is 0 Å². The van der Waals surface area contributed by atoms with Gasteiger partial charge in [-0.15, -0.1) is 5.10 Å². The Morgan fingerprint density at radius 3 is 2.59 bits per heavy atom. The Labute approximate surface area is 213 Å². The van der Waals surface area contributed by atoms with Gasteiger partial charge in [0.05, 0.1) is 42.4 Å². The van der Waals surface area contributed by atoms with E-state index in [0.717, 1.165) is 0 Å². The van der Waals surface area contributed by atoms with E-state index >= 15 is 4.39 Å². The van der Waals surface area contributed by atoms with E-state index < -0.39 is 18.0 Å². The summed E-state index contributed by atoms with van der Waals surface area (Å²) in [6, 6.07) is 2.82. The fourth-order valence-corrected chi connectivity index (χ4v) is 3.96. The number of azo groups is 1. The van der Waals surface area contributed by atoms with Crippen LogP contribution in [0.4, 0.5) is 30.6 Å². The highest BCUT2D eigenvalue weighted by atomic mass is 19.1. The Bertz CT molecular complexity index is 1260. The summed E-state index contributed by atoms with van der Waals surface area (Å²) in [4.78, 5) is 21.9. The molecule has 2 N–H and O–H groups in total. The van der Waals surface area contributed by atoms with Gasteiger partial charge in [0.25, 0.3) is 0 Å². The largest absolute Gasteiger partial charge is 0.371 e. The highest BCUT2D eigenvalue weighted by Crippen LogP contribution is 2.33. The molecule has 1 aliphatic rings. The SMILES string of the molecule is CCCF.CN=Nc1ccc(-c2c(F)cn3nc(NC4CCN(C(C)=O)CC4F)nc(NC)c23)nc1C. The van der Waals surface area contributed by atoms with Crippen LogP contribution in [-0.2, 0) is 4.79 Å². The van der Waals surface area contributed by atoms with Crippen LogP contribution >= 0.6 is 0 Å². The first kappa shape index (κ1) is 27.8. The first-order chi connectivity index (χ1) is 17.7. The Kier molecular flexibility index (Phi) is 9.36. The molecule has 1 aliphatic heterocycles. The van der Waals surface area contributed by atoms with Gasteiger partial charge < -0.3 is 15.5 Å². The van der Waals surface area contributed by atoms with Crippen molar-refractivity contribution in [1.29, 1.82) is 0 Å². The van der Waals surface area contributed by atoms with E-state index in [1.807, 2.05) is 0 Å². The monoisotopic (exact) mass is 519 g/mol. The lowest BCUT2D eigenvalue weighted by Crippen LogP contribution is -2.49. The molecule has 37 heavy (non-hydrogen) atoms. The molecule has 0 saturated carbocycles. The van der Waals surface area contributed by atoms with E-state index in [1.165, 1.54) is 22.5 Å². The molecule has 10 nitrogen and oxygen atoms in total. The molecule has 200 valence electrons. The molecule has 0 radical (unpaired) electrons. The van der Waals surface area contributed by atoms with E-state index in [2.05, 4.69) is 35.9 Å². The maximum Gasteiger partial charge on any atom is 0.243 e. The minimum atomic E-state index is -1.28. The zero-order valence-electron chi connectivity index (χ0n) is 21.6. The summed E-state index contributed by atoms with van der Waals surface area (Å²) in [6.07, 6.45) is 1.02. The molecule has 1 amide bonds. The molecule has 0 spiro atoms. The summed E-state index contributed by atoms with van der Waals surface area (Å²) in [5.74, 6) is -0.163. The average molecular weight is 520 g/mol. The molecule has 0 bridgehead atoms. The summed E-state index contributed by atoms with van der Waals surface area (Å²) in [6.45, 7) is 5.27. The minimum Gasteiger partial charge on any atom is -0.371 e. The molecule has 0 aromatic carbocycles. The zero-order chi connectivity index (χ0) is 27.1. The summed E-state index contributed by atoms with van der Waals surface area (Å²) in [5.41, 5.74) is 2.25. The number of amides is 1. The Morgan fingerprint density at radius 1 is 1.30 bits per heavy atom. The number of rotatable bonds is 6. The predicted octanol–water partition coefficient (Wildman–Crippen LogP) is 4.73. The van der Waals surface area contributed by atoms with Crippen molar-refractivity contribution < 1.29 is 18.0 Å². The van der Waals surface area contributed by atoms with Crippen LogP contribution in [0.2, 0.25) is 0 Å². The number of aromatic nitrogens is 4. The van der Waals surface area contributed by atoms with Crippen LogP contribution in [0.1, 0.15) is 32.4 Å². The van der Waals surface area contributed by atoms with Gasteiger partial charge in [-0.1, -0.05) is 6.92 Å². The molecule has 4 rings (SSSR count). The number of piperidine rings is 1. The van der Waals surface area contributed by atoms with Crippen molar-refractivity contribution in [3.63, 3.8) is 0 Å². The normalized spacial score (nSPS) is 17.6. The topological polar surface area (TPSA) is 112 Å². The lowest BCUT2D eigenvalue weighted by molar-refractivity contribution is -0.131. The molecule has 2 atom stereocenters. The van der Waals surface area contributed by atoms with Crippen LogP contribution in [0, 0.1) is 12.7 Å². The third kappa shape index (κ3) is 6.33. The van der Waals surface area contributed by atoms with E-state index in [1.54, 1.807) is 40.1 Å². The van der Waals surface area contributed by atoms with Crippen molar-refractivity contribution in [2.24, 2.45) is 10.2 Å². The number of hydrogen-bond acceptors (Lipinski definition) is 8. The van der Waals surface area contributed by atoms with Gasteiger partial charge in [-0.2, -0.15) is 15.2 Å². The maximum atomic E-state index is 15.0. The number of halogens is 3. The van der Waals surface area contributed by atoms with E-state index in [9.17, 15) is 13.6 Å². The molecular weight excluding hydrogens is 487 g/mol. The summed E-state index contributed by atoms with van der Waals surface area (Å²) in [5, 5.41) is 18.1. The van der Waals surface area contributed by atoms with Crippen molar-refractivity contribution >= 4 is 28.9 Å². The number of likely N-dealkylation sites (tertiary alicyclic amines) is 1. The number of carbonyl (C=O) groups is 1. The van der Waals surface area contributed by atoms with E-state index in [-0.39, 0.29) is 30.6 Å². The standard InChI is InChI=1S/C21H25F2N9O.C3H7F/c1-11-15(29-25-4)5-6-17(26-11)18-14(23)10-32-19(18)20(24-3)28-21(30-32)27-16-7-8-31(12(2)33)9-13(16)22;1-2-3-4/h5-6,10,13,16H,7-9H2,1-4H3,(H2,24,27,28,30);2-3H2,1H3. The van der Waals surface area contributed by atoms with Crippen LogP contribution < -0.4 is 10.6 Å². The number of fused-ring (bicyclic) bond motifs is 1. The minimum absolute atomic E-state index is 0.00897. The number of anilines is 2. The first-order valence-corrected chi connectivity index (χ1v) is 12.0. The second-order valence-electron chi connectivity index (χ2n) is 8.49. The first-order valence-electron chi connectivity index (χ1n) is 12.0. The van der Waals surface area contributed by atoms with Crippen molar-refractivity contribution in [2.45, 2.75) is 45.8 Å². The molecule has 2 unspecified atom stereocenters. The van der Waals surface area contributed by atoms with Crippen molar-refractivity contribution in [3.05, 3.63) is 29.8 Å². The average Bonchev–Trinajstić information content (AvgIpc) is 3.21. The molecule has 1 fully saturated rings. The summed E-state index contributed by atoms with van der Waals surface area (Å²) in [7, 11) is 3.22. The van der Waals surface area contributed by atoms with Gasteiger partial charge in [-0.25, -0.2) is 13.3 Å². The van der Waals surface area contributed by atoms with Crippen molar-refractivity contribution in [1.82, 2.24) is 24.5 Å². The van der Waals surface area contributed by atoms with Crippen molar-refractivity contribution in [2.75, 3.05) is 44.5 Å². The predicted molar refractivity (Wildman–Crippen MR) is 136 cm³/mol. The number of nitrogens with one attached hydrogen (secondary N) is 2. The Hall–Kier alpha value is -3.77.